The molecule has 0 aliphatic rings. The fourth-order valence-electron chi connectivity index (χ4n) is 3.95. The molecule has 0 fully saturated rings. The third kappa shape index (κ3) is 3.45. The minimum absolute atomic E-state index is 0.432. The number of nitriles is 1. The van der Waals surface area contributed by atoms with Crippen LogP contribution in [0.5, 0.6) is 0 Å². The molecule has 0 amide bonds. The number of hydrogen-bond acceptors (Lipinski definition) is 6. The molecule has 162 valence electrons. The molecule has 0 spiro atoms. The fraction of sp³-hybridized carbons (Fsp3) is 0.0385. The van der Waals surface area contributed by atoms with Gasteiger partial charge in [0.1, 0.15) is 16.6 Å². The molecule has 3 heterocycles. The van der Waals surface area contributed by atoms with Crippen LogP contribution in [0.2, 0.25) is 0 Å². The molecule has 3 aromatic carbocycles. The first-order valence-electron chi connectivity index (χ1n) is 10.7. The number of benzene rings is 3. The highest BCUT2D eigenvalue weighted by Crippen LogP contribution is 2.33. The molecule has 0 saturated heterocycles. The van der Waals surface area contributed by atoms with Crippen molar-refractivity contribution >= 4 is 16.3 Å². The summed E-state index contributed by atoms with van der Waals surface area (Å²) in [5, 5.41) is 29.4. The molecule has 34 heavy (non-hydrogen) atoms. The summed E-state index contributed by atoms with van der Waals surface area (Å²) in [6.45, 7) is 0. The van der Waals surface area contributed by atoms with Crippen molar-refractivity contribution < 1.29 is 0 Å². The van der Waals surface area contributed by atoms with Crippen molar-refractivity contribution in [3.8, 4) is 34.5 Å². The molecule has 0 aliphatic carbocycles. The van der Waals surface area contributed by atoms with E-state index in [2.05, 4.69) is 28.4 Å². The Kier molecular flexibility index (Phi) is 4.94. The number of aromatic nitrogens is 6. The van der Waals surface area contributed by atoms with Crippen LogP contribution < -0.4 is 0 Å². The highest BCUT2D eigenvalue weighted by molar-refractivity contribution is 7.16. The minimum atomic E-state index is 0.432. The Balaban J connectivity index is 1.53. The molecule has 0 radical (unpaired) electrons. The van der Waals surface area contributed by atoms with Crippen molar-refractivity contribution in [2.24, 2.45) is 0 Å². The summed E-state index contributed by atoms with van der Waals surface area (Å²) >= 11 is 1.49. The highest BCUT2D eigenvalue weighted by Gasteiger charge is 2.26. The van der Waals surface area contributed by atoms with Gasteiger partial charge in [0.25, 0.3) is 0 Å². The second-order valence-electron chi connectivity index (χ2n) is 7.67. The summed E-state index contributed by atoms with van der Waals surface area (Å²) in [5.41, 5.74) is 4.52. The van der Waals surface area contributed by atoms with Gasteiger partial charge in [0.15, 0.2) is 5.69 Å². The molecular formula is C26H17N7S. The molecule has 0 unspecified atom stereocenters. The molecule has 8 heteroatoms. The van der Waals surface area contributed by atoms with Crippen molar-refractivity contribution in [2.75, 3.05) is 0 Å². The van der Waals surface area contributed by atoms with Gasteiger partial charge in [-0.15, -0.1) is 10.2 Å². The van der Waals surface area contributed by atoms with Gasteiger partial charge >= 0.3 is 0 Å². The van der Waals surface area contributed by atoms with Gasteiger partial charge in [0.05, 0.1) is 11.4 Å². The standard InChI is InChI=1S/C26H17N7S/c27-17-21-23(25-28-29-26-33(25)30-22(34-26)16-18-10-4-1-5-11-18)31-32(20-14-8-3-9-15-20)24(21)19-12-6-2-7-13-19/h1-15H,16H2. The molecule has 0 atom stereocenters. The number of nitrogens with zero attached hydrogens (tertiary/aromatic N) is 7. The monoisotopic (exact) mass is 459 g/mol. The number of para-hydroxylation sites is 1. The van der Waals surface area contributed by atoms with Crippen LogP contribution >= 0.6 is 11.3 Å². The summed E-state index contributed by atoms with van der Waals surface area (Å²) in [5.74, 6) is 0.453. The maximum Gasteiger partial charge on any atom is 0.235 e. The van der Waals surface area contributed by atoms with Gasteiger partial charge in [-0.1, -0.05) is 90.2 Å². The number of rotatable bonds is 5. The van der Waals surface area contributed by atoms with E-state index in [1.807, 2.05) is 78.9 Å². The molecule has 0 aliphatic heterocycles. The van der Waals surface area contributed by atoms with Crippen LogP contribution in [-0.4, -0.2) is 29.6 Å². The highest BCUT2D eigenvalue weighted by atomic mass is 32.1. The van der Waals surface area contributed by atoms with E-state index in [1.54, 1.807) is 9.20 Å². The first kappa shape index (κ1) is 20.0. The molecule has 3 aromatic heterocycles. The van der Waals surface area contributed by atoms with Crippen molar-refractivity contribution in [1.82, 2.24) is 29.6 Å². The van der Waals surface area contributed by atoms with Crippen LogP contribution in [0.25, 0.3) is 33.4 Å². The molecule has 0 N–H and O–H groups in total. The van der Waals surface area contributed by atoms with Gasteiger partial charge in [-0.2, -0.15) is 20.0 Å². The van der Waals surface area contributed by atoms with Gasteiger partial charge in [-0.25, -0.2) is 4.68 Å². The van der Waals surface area contributed by atoms with E-state index in [0.29, 0.717) is 34.2 Å². The lowest BCUT2D eigenvalue weighted by Crippen LogP contribution is -1.99. The second-order valence-corrected chi connectivity index (χ2v) is 8.71. The van der Waals surface area contributed by atoms with Crippen molar-refractivity contribution in [2.45, 2.75) is 6.42 Å². The van der Waals surface area contributed by atoms with E-state index < -0.39 is 0 Å². The maximum atomic E-state index is 10.2. The van der Waals surface area contributed by atoms with Gasteiger partial charge in [0.2, 0.25) is 10.8 Å². The molecule has 6 rings (SSSR count). The second kappa shape index (κ2) is 8.39. The third-order valence-electron chi connectivity index (χ3n) is 5.49. The van der Waals surface area contributed by atoms with E-state index in [4.69, 9.17) is 10.2 Å². The van der Waals surface area contributed by atoms with Crippen LogP contribution in [0.1, 0.15) is 16.1 Å². The van der Waals surface area contributed by atoms with Gasteiger partial charge in [-0.3, -0.25) is 0 Å². The van der Waals surface area contributed by atoms with Gasteiger partial charge in [0, 0.05) is 12.0 Å². The molecule has 0 bridgehead atoms. The minimum Gasteiger partial charge on any atom is -0.231 e. The van der Waals surface area contributed by atoms with Crippen LogP contribution in [-0.2, 0) is 6.42 Å². The fourth-order valence-corrected chi connectivity index (χ4v) is 4.81. The van der Waals surface area contributed by atoms with E-state index in [0.717, 1.165) is 16.3 Å². The van der Waals surface area contributed by atoms with Crippen molar-refractivity contribution in [3.63, 3.8) is 0 Å². The van der Waals surface area contributed by atoms with Crippen LogP contribution in [0.4, 0.5) is 0 Å². The lowest BCUT2D eigenvalue weighted by Gasteiger charge is -2.07. The van der Waals surface area contributed by atoms with E-state index >= 15 is 0 Å². The Morgan fingerprint density at radius 1 is 0.794 bits per heavy atom. The smallest absolute Gasteiger partial charge is 0.231 e. The summed E-state index contributed by atoms with van der Waals surface area (Å²) in [6.07, 6.45) is 0.702. The van der Waals surface area contributed by atoms with Gasteiger partial charge < -0.3 is 0 Å². The average Bonchev–Trinajstić information content (AvgIpc) is 3.58. The van der Waals surface area contributed by atoms with Crippen molar-refractivity contribution in [3.05, 3.63) is 107 Å². The average molecular weight is 460 g/mol. The molecule has 7 nitrogen and oxygen atoms in total. The largest absolute Gasteiger partial charge is 0.235 e. The predicted molar refractivity (Wildman–Crippen MR) is 131 cm³/mol. The molecule has 6 aromatic rings. The SMILES string of the molecule is N#Cc1c(-c2nnc3sc(Cc4ccccc4)nn23)nn(-c2ccccc2)c1-c1ccccc1. The zero-order valence-electron chi connectivity index (χ0n) is 17.9. The van der Waals surface area contributed by atoms with E-state index in [1.165, 1.54) is 16.9 Å². The quantitative estimate of drug-likeness (QED) is 0.355. The zero-order valence-corrected chi connectivity index (χ0v) is 18.7. The van der Waals surface area contributed by atoms with E-state index in [9.17, 15) is 5.26 Å². The third-order valence-corrected chi connectivity index (χ3v) is 6.39. The van der Waals surface area contributed by atoms with Crippen LogP contribution in [0, 0.1) is 11.3 Å². The Morgan fingerprint density at radius 3 is 2.18 bits per heavy atom. The first-order chi connectivity index (χ1) is 16.8. The predicted octanol–water partition coefficient (Wildman–Crippen LogP) is 5.17. The Morgan fingerprint density at radius 2 is 1.47 bits per heavy atom. The first-order valence-corrected chi connectivity index (χ1v) is 11.5. The lowest BCUT2D eigenvalue weighted by molar-refractivity contribution is 0.869. The summed E-state index contributed by atoms with van der Waals surface area (Å²) < 4.78 is 3.48. The number of fused-ring (bicyclic) bond motifs is 1. The Hall–Kier alpha value is -4.61. The molecule has 0 saturated carbocycles. The topological polar surface area (TPSA) is 84.7 Å². The number of hydrogen-bond donors (Lipinski definition) is 0. The summed E-state index contributed by atoms with van der Waals surface area (Å²) in [4.78, 5) is 0.667. The molecular weight excluding hydrogens is 442 g/mol. The van der Waals surface area contributed by atoms with E-state index in [-0.39, 0.29) is 0 Å². The van der Waals surface area contributed by atoms with Crippen molar-refractivity contribution in [1.29, 1.82) is 5.26 Å². The summed E-state index contributed by atoms with van der Waals surface area (Å²) in [6, 6.07) is 32.1. The Bertz CT molecular complexity index is 1630. The van der Waals surface area contributed by atoms with Crippen LogP contribution in [0.15, 0.2) is 91.0 Å². The maximum absolute atomic E-state index is 10.2. The lowest BCUT2D eigenvalue weighted by atomic mass is 10.1. The zero-order chi connectivity index (χ0) is 22.9. The Labute approximate surface area is 199 Å². The van der Waals surface area contributed by atoms with Crippen LogP contribution in [0.3, 0.4) is 0 Å². The summed E-state index contributed by atoms with van der Waals surface area (Å²) in [7, 11) is 0. The normalized spacial score (nSPS) is 11.0. The van der Waals surface area contributed by atoms with Gasteiger partial charge in [-0.05, 0) is 17.7 Å².